The van der Waals surface area contributed by atoms with Crippen molar-refractivity contribution in [1.82, 2.24) is 9.88 Å². The summed E-state index contributed by atoms with van der Waals surface area (Å²) < 4.78 is 5.29. The second kappa shape index (κ2) is 8.09. The van der Waals surface area contributed by atoms with Crippen LogP contribution in [0.5, 0.6) is 0 Å². The standard InChI is InChI=1S/C17H23N3O2S2/c1-12(2)10-18-17-19-14(11-23-17)15-4-3-13(24-15)9-16(21)20-5-7-22-8-6-20/h3-4,11-12H,5-10H2,1-2H3,(H,18,19). The van der Waals surface area contributed by atoms with E-state index in [9.17, 15) is 4.79 Å². The zero-order valence-electron chi connectivity index (χ0n) is 14.1. The van der Waals surface area contributed by atoms with E-state index in [1.165, 1.54) is 0 Å². The second-order valence-electron chi connectivity index (χ2n) is 6.25. The quantitative estimate of drug-likeness (QED) is 0.853. The molecule has 0 aliphatic carbocycles. The summed E-state index contributed by atoms with van der Waals surface area (Å²) in [5, 5.41) is 6.38. The molecule has 2 aromatic heterocycles. The number of anilines is 1. The second-order valence-corrected chi connectivity index (χ2v) is 8.27. The van der Waals surface area contributed by atoms with Crippen molar-refractivity contribution in [2.75, 3.05) is 38.2 Å². The molecule has 3 rings (SSSR count). The Morgan fingerprint density at radius 2 is 2.17 bits per heavy atom. The molecule has 0 radical (unpaired) electrons. The minimum Gasteiger partial charge on any atom is -0.378 e. The number of thiophene rings is 1. The number of nitrogens with one attached hydrogen (secondary N) is 1. The van der Waals surface area contributed by atoms with Gasteiger partial charge in [0.15, 0.2) is 5.13 Å². The van der Waals surface area contributed by atoms with Crippen LogP contribution in [-0.2, 0) is 16.0 Å². The summed E-state index contributed by atoms with van der Waals surface area (Å²) in [6.07, 6.45) is 0.466. The Labute approximate surface area is 150 Å². The highest BCUT2D eigenvalue weighted by Crippen LogP contribution is 2.31. The third kappa shape index (κ3) is 4.55. The molecule has 1 aliphatic rings. The Morgan fingerprint density at radius 1 is 1.38 bits per heavy atom. The van der Waals surface area contributed by atoms with Crippen LogP contribution in [0.25, 0.3) is 10.6 Å². The number of thiazole rings is 1. The predicted octanol–water partition coefficient (Wildman–Crippen LogP) is 3.34. The minimum absolute atomic E-state index is 0.185. The first-order valence-corrected chi connectivity index (χ1v) is 9.95. The Balaban J connectivity index is 1.59. The van der Waals surface area contributed by atoms with Crippen molar-refractivity contribution >= 4 is 33.7 Å². The Morgan fingerprint density at radius 3 is 2.92 bits per heavy atom. The van der Waals surface area contributed by atoms with Gasteiger partial charge in [-0.15, -0.1) is 22.7 Å². The van der Waals surface area contributed by atoms with Gasteiger partial charge in [0.1, 0.15) is 0 Å². The molecule has 5 nitrogen and oxygen atoms in total. The zero-order valence-corrected chi connectivity index (χ0v) is 15.7. The highest BCUT2D eigenvalue weighted by atomic mass is 32.1. The third-order valence-corrected chi connectivity index (χ3v) is 5.68. The fraction of sp³-hybridized carbons (Fsp3) is 0.529. The fourth-order valence-corrected chi connectivity index (χ4v) is 4.20. The number of carbonyl (C=O) groups is 1. The number of hydrogen-bond donors (Lipinski definition) is 1. The first kappa shape index (κ1) is 17.4. The zero-order chi connectivity index (χ0) is 16.9. The van der Waals surface area contributed by atoms with E-state index in [2.05, 4.69) is 35.6 Å². The van der Waals surface area contributed by atoms with Gasteiger partial charge >= 0.3 is 0 Å². The van der Waals surface area contributed by atoms with Crippen molar-refractivity contribution in [3.8, 4) is 10.6 Å². The number of carbonyl (C=O) groups excluding carboxylic acids is 1. The molecule has 0 spiro atoms. The molecule has 1 aliphatic heterocycles. The lowest BCUT2D eigenvalue weighted by atomic mass is 10.2. The van der Waals surface area contributed by atoms with Crippen LogP contribution >= 0.6 is 22.7 Å². The van der Waals surface area contributed by atoms with Gasteiger partial charge < -0.3 is 15.0 Å². The molecule has 0 atom stereocenters. The lowest BCUT2D eigenvalue weighted by Gasteiger charge is -2.26. The molecule has 1 fully saturated rings. The van der Waals surface area contributed by atoms with Crippen molar-refractivity contribution in [2.45, 2.75) is 20.3 Å². The summed E-state index contributed by atoms with van der Waals surface area (Å²) in [6, 6.07) is 4.10. The maximum atomic E-state index is 12.3. The van der Waals surface area contributed by atoms with Crippen LogP contribution in [0.15, 0.2) is 17.5 Å². The SMILES string of the molecule is CC(C)CNc1nc(-c2ccc(CC(=O)N3CCOCC3)s2)cs1. The van der Waals surface area contributed by atoms with Gasteiger partial charge in [-0.3, -0.25) is 4.79 Å². The van der Waals surface area contributed by atoms with Crippen LogP contribution in [0.1, 0.15) is 18.7 Å². The molecule has 0 saturated carbocycles. The van der Waals surface area contributed by atoms with Crippen LogP contribution in [0, 0.1) is 5.92 Å². The highest BCUT2D eigenvalue weighted by molar-refractivity contribution is 7.17. The lowest BCUT2D eigenvalue weighted by Crippen LogP contribution is -2.41. The molecule has 7 heteroatoms. The van der Waals surface area contributed by atoms with Crippen LogP contribution in [-0.4, -0.2) is 48.6 Å². The van der Waals surface area contributed by atoms with E-state index in [0.29, 0.717) is 38.6 Å². The molecule has 0 unspecified atom stereocenters. The first-order valence-electron chi connectivity index (χ1n) is 8.26. The fourth-order valence-electron chi connectivity index (χ4n) is 2.44. The third-order valence-electron chi connectivity index (χ3n) is 3.77. The van der Waals surface area contributed by atoms with E-state index in [1.54, 1.807) is 22.7 Å². The molecule has 130 valence electrons. The van der Waals surface area contributed by atoms with E-state index in [0.717, 1.165) is 27.1 Å². The van der Waals surface area contributed by atoms with Crippen molar-refractivity contribution < 1.29 is 9.53 Å². The largest absolute Gasteiger partial charge is 0.378 e. The molecule has 1 saturated heterocycles. The van der Waals surface area contributed by atoms with Crippen LogP contribution in [0.2, 0.25) is 0 Å². The lowest BCUT2D eigenvalue weighted by molar-refractivity contribution is -0.134. The first-order chi connectivity index (χ1) is 11.6. The van der Waals surface area contributed by atoms with Gasteiger partial charge in [-0.05, 0) is 18.1 Å². The minimum atomic E-state index is 0.185. The van der Waals surface area contributed by atoms with Gasteiger partial charge in [0, 0.05) is 29.9 Å². The number of ether oxygens (including phenoxy) is 1. The molecule has 2 aromatic rings. The van der Waals surface area contributed by atoms with Gasteiger partial charge in [-0.25, -0.2) is 4.98 Å². The molecular formula is C17H23N3O2S2. The molecular weight excluding hydrogens is 342 g/mol. The molecule has 0 bridgehead atoms. The van der Waals surface area contributed by atoms with Crippen molar-refractivity contribution in [3.05, 3.63) is 22.4 Å². The predicted molar refractivity (Wildman–Crippen MR) is 99.9 cm³/mol. The van der Waals surface area contributed by atoms with Crippen molar-refractivity contribution in [3.63, 3.8) is 0 Å². The Bertz CT molecular complexity index is 675. The maximum absolute atomic E-state index is 12.3. The molecule has 24 heavy (non-hydrogen) atoms. The summed E-state index contributed by atoms with van der Waals surface area (Å²) in [7, 11) is 0. The Kier molecular flexibility index (Phi) is 5.86. The van der Waals surface area contributed by atoms with Crippen LogP contribution in [0.4, 0.5) is 5.13 Å². The number of morpholine rings is 1. The maximum Gasteiger partial charge on any atom is 0.227 e. The van der Waals surface area contributed by atoms with Gasteiger partial charge in [0.2, 0.25) is 5.91 Å². The van der Waals surface area contributed by atoms with E-state index >= 15 is 0 Å². The summed E-state index contributed by atoms with van der Waals surface area (Å²) in [6.45, 7) is 7.98. The highest BCUT2D eigenvalue weighted by Gasteiger charge is 2.18. The monoisotopic (exact) mass is 365 g/mol. The van der Waals surface area contributed by atoms with Crippen molar-refractivity contribution in [1.29, 1.82) is 0 Å². The number of amides is 1. The number of rotatable bonds is 6. The molecule has 1 N–H and O–H groups in total. The summed E-state index contributed by atoms with van der Waals surface area (Å²) >= 11 is 3.28. The summed E-state index contributed by atoms with van der Waals surface area (Å²) in [5.41, 5.74) is 0.987. The average molecular weight is 366 g/mol. The van der Waals surface area contributed by atoms with Gasteiger partial charge in [0.05, 0.1) is 30.2 Å². The van der Waals surface area contributed by atoms with Gasteiger partial charge in [0.25, 0.3) is 0 Å². The molecule has 1 amide bonds. The molecule has 0 aromatic carbocycles. The Hall–Kier alpha value is -1.44. The topological polar surface area (TPSA) is 54.5 Å². The van der Waals surface area contributed by atoms with Crippen LogP contribution < -0.4 is 5.32 Å². The number of aromatic nitrogens is 1. The summed E-state index contributed by atoms with van der Waals surface area (Å²) in [4.78, 5) is 21.1. The van der Waals surface area contributed by atoms with E-state index in [4.69, 9.17) is 4.74 Å². The number of nitrogens with zero attached hydrogens (tertiary/aromatic N) is 2. The molecule has 3 heterocycles. The van der Waals surface area contributed by atoms with Gasteiger partial charge in [-0.2, -0.15) is 0 Å². The van der Waals surface area contributed by atoms with E-state index in [1.807, 2.05) is 11.0 Å². The van der Waals surface area contributed by atoms with E-state index < -0.39 is 0 Å². The average Bonchev–Trinajstić information content (AvgIpc) is 3.22. The number of hydrogen-bond acceptors (Lipinski definition) is 6. The summed E-state index contributed by atoms with van der Waals surface area (Å²) in [5.74, 6) is 0.779. The normalized spacial score (nSPS) is 15.0. The smallest absolute Gasteiger partial charge is 0.227 e. The van der Waals surface area contributed by atoms with Gasteiger partial charge in [-0.1, -0.05) is 13.8 Å². The van der Waals surface area contributed by atoms with Crippen molar-refractivity contribution in [2.24, 2.45) is 5.92 Å². The van der Waals surface area contributed by atoms with Crippen LogP contribution in [0.3, 0.4) is 0 Å². The van der Waals surface area contributed by atoms with E-state index in [-0.39, 0.29) is 5.91 Å².